The van der Waals surface area contributed by atoms with E-state index in [-0.39, 0.29) is 23.0 Å². The van der Waals surface area contributed by atoms with Crippen LogP contribution in [0.1, 0.15) is 108 Å². The molecule has 8 nitrogen and oxygen atoms in total. The smallest absolute Gasteiger partial charge is 0.329 e. The minimum absolute atomic E-state index is 0.0483. The number of amides is 2. The van der Waals surface area contributed by atoms with Gasteiger partial charge in [-0.25, -0.2) is 14.0 Å². The third kappa shape index (κ3) is 11.4. The highest BCUT2D eigenvalue weighted by Gasteiger charge is 2.31. The number of halogens is 1. The number of carbonyl (C=O) groups is 4. The van der Waals surface area contributed by atoms with E-state index in [0.717, 1.165) is 11.6 Å². The Bertz CT molecular complexity index is 1350. The van der Waals surface area contributed by atoms with Gasteiger partial charge in [-0.2, -0.15) is 0 Å². The zero-order valence-electron chi connectivity index (χ0n) is 28.0. The Balaban J connectivity index is 2.55. The van der Waals surface area contributed by atoms with Crippen LogP contribution in [0.5, 0.6) is 0 Å². The van der Waals surface area contributed by atoms with Gasteiger partial charge in [0, 0.05) is 5.56 Å². The summed E-state index contributed by atoms with van der Waals surface area (Å²) in [5, 5.41) is 5.55. The summed E-state index contributed by atoms with van der Waals surface area (Å²) in [7, 11) is 0. The number of hydrogen-bond donors (Lipinski definition) is 2. The van der Waals surface area contributed by atoms with E-state index < -0.39 is 52.9 Å². The summed E-state index contributed by atoms with van der Waals surface area (Å²) in [4.78, 5) is 53.4. The van der Waals surface area contributed by atoms with Gasteiger partial charge in [0.2, 0.25) is 0 Å². The van der Waals surface area contributed by atoms with Gasteiger partial charge in [-0.3, -0.25) is 9.59 Å². The molecule has 2 atom stereocenters. The lowest BCUT2D eigenvalue weighted by molar-refractivity contribution is -0.158. The molecular formula is C35H49FN2O6. The molecule has 0 bridgehead atoms. The largest absolute Gasteiger partial charge is 0.458 e. The standard InChI is InChI=1S/C35H49FN2O6/c1-20(2)16-28(32(41)43-34(6,7)8)37-30(39)25-14-12-22(5)18-26(25)24-15-13-23(36)19-27(24)31(40)38-29(17-21(3)4)33(42)44-35(9,10)11/h12-15,18-21,28-29H,16-17H2,1-11H3,(H,37,39)(H,38,40). The number of rotatable bonds is 11. The summed E-state index contributed by atoms with van der Waals surface area (Å²) in [6.07, 6.45) is 0.666. The summed E-state index contributed by atoms with van der Waals surface area (Å²) in [5.41, 5.74) is 0.102. The minimum atomic E-state index is -0.969. The van der Waals surface area contributed by atoms with Gasteiger partial charge in [0.15, 0.2) is 0 Å². The van der Waals surface area contributed by atoms with Crippen LogP contribution in [0, 0.1) is 24.6 Å². The molecule has 0 heterocycles. The quantitative estimate of drug-likeness (QED) is 0.271. The molecule has 0 aliphatic carbocycles. The fourth-order valence-corrected chi connectivity index (χ4v) is 4.61. The topological polar surface area (TPSA) is 111 Å². The van der Waals surface area contributed by atoms with Crippen LogP contribution in [0.2, 0.25) is 0 Å². The van der Waals surface area contributed by atoms with Gasteiger partial charge in [-0.15, -0.1) is 0 Å². The zero-order chi connectivity index (χ0) is 33.6. The molecule has 9 heteroatoms. The number of ether oxygens (including phenoxy) is 2. The molecule has 0 radical (unpaired) electrons. The van der Waals surface area contributed by atoms with Crippen molar-refractivity contribution in [3.05, 3.63) is 58.9 Å². The SMILES string of the molecule is Cc1ccc(C(=O)NC(CC(C)C)C(=O)OC(C)(C)C)c(-c2ccc(F)cc2C(=O)NC(CC(C)C)C(=O)OC(C)(C)C)c1. The first-order chi connectivity index (χ1) is 20.2. The fourth-order valence-electron chi connectivity index (χ4n) is 4.61. The predicted octanol–water partition coefficient (Wildman–Crippen LogP) is 6.77. The van der Waals surface area contributed by atoms with E-state index in [0.29, 0.717) is 24.0 Å². The van der Waals surface area contributed by atoms with E-state index in [4.69, 9.17) is 9.47 Å². The lowest BCUT2D eigenvalue weighted by atomic mass is 9.92. The third-order valence-corrected chi connectivity index (χ3v) is 6.34. The van der Waals surface area contributed by atoms with Crippen molar-refractivity contribution in [1.82, 2.24) is 10.6 Å². The van der Waals surface area contributed by atoms with Gasteiger partial charge in [0.05, 0.1) is 5.56 Å². The van der Waals surface area contributed by atoms with Crippen LogP contribution in [0.3, 0.4) is 0 Å². The molecule has 2 unspecified atom stereocenters. The first-order valence-corrected chi connectivity index (χ1v) is 15.1. The number of hydrogen-bond acceptors (Lipinski definition) is 6. The van der Waals surface area contributed by atoms with Gasteiger partial charge in [0.1, 0.15) is 29.1 Å². The molecule has 242 valence electrons. The van der Waals surface area contributed by atoms with Crippen LogP contribution in [-0.2, 0) is 19.1 Å². The average Bonchev–Trinajstić information content (AvgIpc) is 2.85. The second kappa shape index (κ2) is 14.8. The van der Waals surface area contributed by atoms with Crippen molar-refractivity contribution in [1.29, 1.82) is 0 Å². The van der Waals surface area contributed by atoms with Gasteiger partial charge < -0.3 is 20.1 Å². The van der Waals surface area contributed by atoms with Crippen molar-refractivity contribution in [2.45, 2.75) is 112 Å². The molecule has 0 aliphatic heterocycles. The molecule has 0 aliphatic rings. The first kappa shape index (κ1) is 36.4. The Morgan fingerprint density at radius 3 is 1.57 bits per heavy atom. The van der Waals surface area contributed by atoms with Crippen LogP contribution >= 0.6 is 0 Å². The maximum absolute atomic E-state index is 14.6. The molecule has 44 heavy (non-hydrogen) atoms. The molecule has 2 aromatic carbocycles. The molecule has 2 rings (SSSR count). The summed E-state index contributed by atoms with van der Waals surface area (Å²) in [6, 6.07) is 6.92. The maximum Gasteiger partial charge on any atom is 0.329 e. The van der Waals surface area contributed by atoms with Gasteiger partial charge in [0.25, 0.3) is 11.8 Å². The Morgan fingerprint density at radius 2 is 1.14 bits per heavy atom. The molecule has 0 saturated heterocycles. The van der Waals surface area contributed by atoms with Crippen molar-refractivity contribution in [2.75, 3.05) is 0 Å². The number of carbonyl (C=O) groups excluding carboxylic acids is 4. The van der Waals surface area contributed by atoms with E-state index in [2.05, 4.69) is 10.6 Å². The highest BCUT2D eigenvalue weighted by Crippen LogP contribution is 2.30. The normalized spacial score (nSPS) is 13.3. The number of nitrogens with one attached hydrogen (secondary N) is 2. The predicted molar refractivity (Wildman–Crippen MR) is 170 cm³/mol. The molecule has 0 spiro atoms. The molecular weight excluding hydrogens is 563 g/mol. The first-order valence-electron chi connectivity index (χ1n) is 15.1. The van der Waals surface area contributed by atoms with Crippen LogP contribution in [-0.4, -0.2) is 47.0 Å². The molecule has 0 saturated carbocycles. The van der Waals surface area contributed by atoms with Gasteiger partial charge >= 0.3 is 11.9 Å². The fraction of sp³-hybridized carbons (Fsp3) is 0.543. The summed E-state index contributed by atoms with van der Waals surface area (Å²) in [5.74, 6) is -2.89. The van der Waals surface area contributed by atoms with Crippen LogP contribution in [0.15, 0.2) is 36.4 Å². The lowest BCUT2D eigenvalue weighted by Gasteiger charge is -2.26. The number of aryl methyl sites for hydroxylation is 1. The van der Waals surface area contributed by atoms with Crippen LogP contribution in [0.4, 0.5) is 4.39 Å². The zero-order valence-corrected chi connectivity index (χ0v) is 28.0. The van der Waals surface area contributed by atoms with E-state index in [1.165, 1.54) is 12.1 Å². The Kier molecular flexibility index (Phi) is 12.3. The highest BCUT2D eigenvalue weighted by molar-refractivity contribution is 6.07. The number of benzene rings is 2. The van der Waals surface area contributed by atoms with Gasteiger partial charge in [-0.05, 0) is 102 Å². The number of esters is 2. The van der Waals surface area contributed by atoms with Crippen molar-refractivity contribution in [3.8, 4) is 11.1 Å². The van der Waals surface area contributed by atoms with E-state index in [9.17, 15) is 23.6 Å². The molecule has 2 N–H and O–H groups in total. The molecule has 2 aromatic rings. The Labute approximate surface area is 261 Å². The molecule has 0 aromatic heterocycles. The van der Waals surface area contributed by atoms with E-state index >= 15 is 0 Å². The van der Waals surface area contributed by atoms with Crippen LogP contribution < -0.4 is 10.6 Å². The van der Waals surface area contributed by atoms with Crippen molar-refractivity contribution >= 4 is 23.8 Å². The van der Waals surface area contributed by atoms with Crippen molar-refractivity contribution < 1.29 is 33.0 Å². The van der Waals surface area contributed by atoms with E-state index in [1.54, 1.807) is 59.7 Å². The average molecular weight is 613 g/mol. The maximum atomic E-state index is 14.6. The summed E-state index contributed by atoms with van der Waals surface area (Å²) < 4.78 is 25.7. The lowest BCUT2D eigenvalue weighted by Crippen LogP contribution is -2.45. The molecule has 0 fully saturated rings. The minimum Gasteiger partial charge on any atom is -0.458 e. The summed E-state index contributed by atoms with van der Waals surface area (Å²) >= 11 is 0. The second-order valence-corrected chi connectivity index (χ2v) is 14.1. The van der Waals surface area contributed by atoms with Crippen molar-refractivity contribution in [2.24, 2.45) is 11.8 Å². The van der Waals surface area contributed by atoms with E-state index in [1.807, 2.05) is 34.6 Å². The van der Waals surface area contributed by atoms with Crippen LogP contribution in [0.25, 0.3) is 11.1 Å². The molecule has 2 amide bonds. The summed E-state index contributed by atoms with van der Waals surface area (Å²) in [6.45, 7) is 20.0. The second-order valence-electron chi connectivity index (χ2n) is 14.1. The van der Waals surface area contributed by atoms with Gasteiger partial charge in [-0.1, -0.05) is 51.5 Å². The highest BCUT2D eigenvalue weighted by atomic mass is 19.1. The monoisotopic (exact) mass is 612 g/mol. The Hall–Kier alpha value is -3.75. The van der Waals surface area contributed by atoms with Crippen molar-refractivity contribution in [3.63, 3.8) is 0 Å². The Morgan fingerprint density at radius 1 is 0.682 bits per heavy atom. The third-order valence-electron chi connectivity index (χ3n) is 6.34.